The summed E-state index contributed by atoms with van der Waals surface area (Å²) in [5.41, 5.74) is 1.07. The Labute approximate surface area is 112 Å². The quantitative estimate of drug-likeness (QED) is 0.721. The van der Waals surface area contributed by atoms with E-state index < -0.39 is 0 Å². The molecule has 1 aromatic carbocycles. The second-order valence-electron chi connectivity index (χ2n) is 4.19. The van der Waals surface area contributed by atoms with Crippen molar-refractivity contribution in [3.63, 3.8) is 0 Å². The van der Waals surface area contributed by atoms with Crippen molar-refractivity contribution in [3.8, 4) is 5.75 Å². The van der Waals surface area contributed by atoms with E-state index in [1.807, 2.05) is 12.1 Å². The van der Waals surface area contributed by atoms with Crippen molar-refractivity contribution in [1.82, 2.24) is 20.1 Å². The Morgan fingerprint density at radius 2 is 2.11 bits per heavy atom. The van der Waals surface area contributed by atoms with E-state index in [1.54, 1.807) is 30.3 Å². The van der Waals surface area contributed by atoms with E-state index in [2.05, 4.69) is 15.4 Å². The maximum Gasteiger partial charge on any atom is 0.164 e. The fourth-order valence-corrected chi connectivity index (χ4v) is 1.65. The van der Waals surface area contributed by atoms with E-state index in [0.29, 0.717) is 19.7 Å². The molecule has 0 amide bonds. The summed E-state index contributed by atoms with van der Waals surface area (Å²) in [7, 11) is 1.67. The molecule has 19 heavy (non-hydrogen) atoms. The number of rotatable bonds is 7. The van der Waals surface area contributed by atoms with Gasteiger partial charge in [-0.1, -0.05) is 12.1 Å². The first-order valence-electron chi connectivity index (χ1n) is 6.14. The molecule has 0 saturated heterocycles. The Morgan fingerprint density at radius 1 is 1.32 bits per heavy atom. The van der Waals surface area contributed by atoms with E-state index in [-0.39, 0.29) is 5.75 Å². The molecule has 2 rings (SSSR count). The number of hydrogen-bond acceptors (Lipinski definition) is 5. The van der Waals surface area contributed by atoms with Gasteiger partial charge >= 0.3 is 0 Å². The van der Waals surface area contributed by atoms with Crippen molar-refractivity contribution in [2.24, 2.45) is 0 Å². The lowest BCUT2D eigenvalue weighted by molar-refractivity contribution is 0.199. The number of nitrogens with zero attached hydrogens (tertiary/aromatic N) is 3. The van der Waals surface area contributed by atoms with Crippen LogP contribution in [-0.2, 0) is 17.8 Å². The van der Waals surface area contributed by atoms with E-state index in [0.717, 1.165) is 17.9 Å². The molecule has 2 aromatic rings. The van der Waals surface area contributed by atoms with E-state index in [4.69, 9.17) is 4.74 Å². The summed E-state index contributed by atoms with van der Waals surface area (Å²) in [4.78, 5) is 4.23. The zero-order valence-electron chi connectivity index (χ0n) is 10.9. The monoisotopic (exact) mass is 262 g/mol. The molecule has 6 nitrogen and oxygen atoms in total. The molecule has 0 saturated carbocycles. The average Bonchev–Trinajstić information content (AvgIpc) is 2.85. The van der Waals surface area contributed by atoms with Gasteiger partial charge in [-0.25, -0.2) is 9.67 Å². The number of nitrogens with one attached hydrogen (secondary N) is 1. The Morgan fingerprint density at radius 3 is 2.84 bits per heavy atom. The Kier molecular flexibility index (Phi) is 4.88. The summed E-state index contributed by atoms with van der Waals surface area (Å²) in [5, 5.41) is 16.8. The largest absolute Gasteiger partial charge is 0.508 e. The highest BCUT2D eigenvalue weighted by Crippen LogP contribution is 2.10. The standard InChI is InChI=1S/C13H18N4O2/c1-19-7-6-14-8-13-15-10-17(16-13)9-11-2-4-12(18)5-3-11/h2-5,10,14,18H,6-9H2,1H3. The topological polar surface area (TPSA) is 72.2 Å². The van der Waals surface area contributed by atoms with Crippen LogP contribution in [0.2, 0.25) is 0 Å². The summed E-state index contributed by atoms with van der Waals surface area (Å²) < 4.78 is 6.72. The van der Waals surface area contributed by atoms with Crippen molar-refractivity contribution in [1.29, 1.82) is 0 Å². The van der Waals surface area contributed by atoms with Crippen LogP contribution in [0.4, 0.5) is 0 Å². The predicted molar refractivity (Wildman–Crippen MR) is 70.8 cm³/mol. The Bertz CT molecular complexity index is 496. The molecule has 2 N–H and O–H groups in total. The zero-order chi connectivity index (χ0) is 13.5. The predicted octanol–water partition coefficient (Wildman–Crippen LogP) is 0.768. The number of aromatic hydroxyl groups is 1. The maximum atomic E-state index is 9.21. The molecule has 0 unspecified atom stereocenters. The Hall–Kier alpha value is -1.92. The molecule has 0 spiro atoms. The van der Waals surface area contributed by atoms with Gasteiger partial charge in [0.1, 0.15) is 12.1 Å². The molecule has 1 heterocycles. The van der Waals surface area contributed by atoms with Crippen molar-refractivity contribution in [2.45, 2.75) is 13.1 Å². The molecule has 0 aliphatic carbocycles. The summed E-state index contributed by atoms with van der Waals surface area (Å²) in [6.45, 7) is 2.73. The molecule has 0 aliphatic rings. The summed E-state index contributed by atoms with van der Waals surface area (Å²) in [6.07, 6.45) is 1.71. The van der Waals surface area contributed by atoms with Gasteiger partial charge in [-0.05, 0) is 17.7 Å². The van der Waals surface area contributed by atoms with E-state index in [1.165, 1.54) is 0 Å². The Balaban J connectivity index is 1.85. The highest BCUT2D eigenvalue weighted by Gasteiger charge is 2.01. The van der Waals surface area contributed by atoms with Crippen molar-refractivity contribution in [3.05, 3.63) is 42.0 Å². The number of hydrogen-bond donors (Lipinski definition) is 2. The van der Waals surface area contributed by atoms with Crippen molar-refractivity contribution >= 4 is 0 Å². The van der Waals surface area contributed by atoms with Crippen LogP contribution in [0.25, 0.3) is 0 Å². The first-order valence-corrected chi connectivity index (χ1v) is 6.14. The normalized spacial score (nSPS) is 10.8. The first kappa shape index (κ1) is 13.5. The second kappa shape index (κ2) is 6.86. The fraction of sp³-hybridized carbons (Fsp3) is 0.385. The minimum atomic E-state index is 0.269. The third kappa shape index (κ3) is 4.35. The van der Waals surface area contributed by atoms with Gasteiger partial charge in [-0.2, -0.15) is 5.10 Å². The molecule has 102 valence electrons. The number of methoxy groups -OCH3 is 1. The molecule has 0 fully saturated rings. The summed E-state index contributed by atoms with van der Waals surface area (Å²) in [6, 6.07) is 7.07. The first-order chi connectivity index (χ1) is 9.28. The lowest BCUT2D eigenvalue weighted by Crippen LogP contribution is -2.19. The van der Waals surface area contributed by atoms with Crippen LogP contribution in [0.5, 0.6) is 5.75 Å². The number of aromatic nitrogens is 3. The molecule has 0 radical (unpaired) electrons. The number of benzene rings is 1. The summed E-state index contributed by atoms with van der Waals surface area (Å²) in [5.74, 6) is 1.03. The lowest BCUT2D eigenvalue weighted by atomic mass is 10.2. The third-order valence-corrected chi connectivity index (χ3v) is 2.63. The zero-order valence-corrected chi connectivity index (χ0v) is 10.9. The van der Waals surface area contributed by atoms with Crippen molar-refractivity contribution in [2.75, 3.05) is 20.3 Å². The van der Waals surface area contributed by atoms with Gasteiger partial charge in [-0.3, -0.25) is 0 Å². The highest BCUT2D eigenvalue weighted by molar-refractivity contribution is 5.25. The number of phenols is 1. The van der Waals surface area contributed by atoms with Gasteiger partial charge in [0.2, 0.25) is 0 Å². The van der Waals surface area contributed by atoms with Gasteiger partial charge in [0.25, 0.3) is 0 Å². The minimum absolute atomic E-state index is 0.269. The molecule has 0 bridgehead atoms. The fourth-order valence-electron chi connectivity index (χ4n) is 1.65. The van der Waals surface area contributed by atoms with Crippen LogP contribution in [0.3, 0.4) is 0 Å². The third-order valence-electron chi connectivity index (χ3n) is 2.63. The van der Waals surface area contributed by atoms with Crippen LogP contribution >= 0.6 is 0 Å². The number of ether oxygens (including phenoxy) is 1. The minimum Gasteiger partial charge on any atom is -0.508 e. The lowest BCUT2D eigenvalue weighted by Gasteiger charge is -2.02. The average molecular weight is 262 g/mol. The summed E-state index contributed by atoms with van der Waals surface area (Å²) >= 11 is 0. The highest BCUT2D eigenvalue weighted by atomic mass is 16.5. The second-order valence-corrected chi connectivity index (χ2v) is 4.19. The molecule has 6 heteroatoms. The van der Waals surface area contributed by atoms with Gasteiger partial charge in [-0.15, -0.1) is 0 Å². The van der Waals surface area contributed by atoms with Crippen LogP contribution in [0.1, 0.15) is 11.4 Å². The van der Waals surface area contributed by atoms with Gasteiger partial charge < -0.3 is 15.2 Å². The molecular formula is C13H18N4O2. The maximum absolute atomic E-state index is 9.21. The molecular weight excluding hydrogens is 244 g/mol. The van der Waals surface area contributed by atoms with Crippen LogP contribution < -0.4 is 5.32 Å². The van der Waals surface area contributed by atoms with Gasteiger partial charge in [0, 0.05) is 13.7 Å². The smallest absolute Gasteiger partial charge is 0.164 e. The molecule has 0 aliphatic heterocycles. The van der Waals surface area contributed by atoms with E-state index in [9.17, 15) is 5.11 Å². The SMILES string of the molecule is COCCNCc1ncn(Cc2ccc(O)cc2)n1. The van der Waals surface area contributed by atoms with Gasteiger partial charge in [0.05, 0.1) is 19.7 Å². The van der Waals surface area contributed by atoms with Crippen LogP contribution in [-0.4, -0.2) is 40.1 Å². The van der Waals surface area contributed by atoms with Crippen LogP contribution in [0.15, 0.2) is 30.6 Å². The molecule has 1 aromatic heterocycles. The van der Waals surface area contributed by atoms with E-state index >= 15 is 0 Å². The van der Waals surface area contributed by atoms with Gasteiger partial charge in [0.15, 0.2) is 5.82 Å². The van der Waals surface area contributed by atoms with Crippen molar-refractivity contribution < 1.29 is 9.84 Å². The number of phenolic OH excluding ortho intramolecular Hbond substituents is 1. The molecule has 0 atom stereocenters. The van der Waals surface area contributed by atoms with Crippen LogP contribution in [0, 0.1) is 0 Å².